The van der Waals surface area contributed by atoms with Crippen molar-refractivity contribution in [2.45, 2.75) is 38.8 Å². The van der Waals surface area contributed by atoms with Crippen LogP contribution >= 0.6 is 0 Å². The van der Waals surface area contributed by atoms with Gasteiger partial charge in [-0.05, 0) is 70.9 Å². The average molecular weight is 569 g/mol. The topological polar surface area (TPSA) is 0 Å². The Morgan fingerprint density at radius 1 is 0.659 bits per heavy atom. The lowest BCUT2D eigenvalue weighted by molar-refractivity contribution is -0.142. The lowest BCUT2D eigenvalue weighted by Crippen LogP contribution is -2.11. The summed E-state index contributed by atoms with van der Waals surface area (Å²) >= 11 is 0. The molecule has 212 valence electrons. The highest BCUT2D eigenvalue weighted by Gasteiger charge is 2.37. The molecule has 4 aromatic carbocycles. The van der Waals surface area contributed by atoms with Crippen LogP contribution in [-0.4, -0.2) is 0 Å². The van der Waals surface area contributed by atoms with E-state index in [9.17, 15) is 30.7 Å². The molecule has 4 rings (SSSR count). The van der Waals surface area contributed by atoms with Crippen LogP contribution < -0.4 is 0 Å². The minimum absolute atomic E-state index is 0.0240. The standard InChI is InChI=1S/C34H27F7/c1-2-3-4-5-29(35)33(38)27-18-16-25(17-19-27)24-12-8-22(9-13-24)6-7-23-10-14-26(15-11-23)28-20-30(36)32(31(37)21-28)34(39,40)41/h4-5,8-21H,2-3,6-7H2,1H3/b5-4+,33-29+. The minimum Gasteiger partial charge on any atom is -0.206 e. The van der Waals surface area contributed by atoms with Gasteiger partial charge in [-0.2, -0.15) is 13.2 Å². The number of rotatable bonds is 9. The summed E-state index contributed by atoms with van der Waals surface area (Å²) in [6.07, 6.45) is 0.569. The van der Waals surface area contributed by atoms with E-state index in [0.717, 1.165) is 34.8 Å². The van der Waals surface area contributed by atoms with Crippen molar-refractivity contribution in [2.75, 3.05) is 0 Å². The fourth-order valence-electron chi connectivity index (χ4n) is 4.40. The van der Waals surface area contributed by atoms with Gasteiger partial charge in [0.15, 0.2) is 11.7 Å². The van der Waals surface area contributed by atoms with Gasteiger partial charge < -0.3 is 0 Å². The predicted octanol–water partition coefficient (Wildman–Crippen LogP) is 11.1. The van der Waals surface area contributed by atoms with Gasteiger partial charge in [-0.15, -0.1) is 0 Å². The Kier molecular flexibility index (Phi) is 9.48. The number of benzene rings is 4. The van der Waals surface area contributed by atoms with Crippen LogP contribution in [-0.2, 0) is 19.0 Å². The van der Waals surface area contributed by atoms with E-state index >= 15 is 0 Å². The normalized spacial score (nSPS) is 12.6. The van der Waals surface area contributed by atoms with Gasteiger partial charge in [-0.3, -0.25) is 0 Å². The molecule has 41 heavy (non-hydrogen) atoms. The third-order valence-corrected chi connectivity index (χ3v) is 6.67. The van der Waals surface area contributed by atoms with Crippen LogP contribution in [0.2, 0.25) is 0 Å². The van der Waals surface area contributed by atoms with Crippen molar-refractivity contribution in [2.24, 2.45) is 0 Å². The minimum atomic E-state index is -5.11. The highest BCUT2D eigenvalue weighted by Crippen LogP contribution is 2.36. The Morgan fingerprint density at radius 3 is 1.54 bits per heavy atom. The van der Waals surface area contributed by atoms with Gasteiger partial charge in [0.25, 0.3) is 0 Å². The molecule has 0 aliphatic heterocycles. The third kappa shape index (κ3) is 7.54. The molecule has 0 amide bonds. The van der Waals surface area contributed by atoms with E-state index in [0.29, 0.717) is 37.0 Å². The first-order chi connectivity index (χ1) is 19.6. The molecule has 4 aromatic rings. The zero-order valence-corrected chi connectivity index (χ0v) is 22.2. The zero-order chi connectivity index (χ0) is 29.6. The number of allylic oxidation sites excluding steroid dienone is 3. The van der Waals surface area contributed by atoms with Gasteiger partial charge in [-0.25, -0.2) is 17.6 Å². The van der Waals surface area contributed by atoms with Crippen LogP contribution in [0.4, 0.5) is 30.7 Å². The molecule has 0 spiro atoms. The first-order valence-corrected chi connectivity index (χ1v) is 13.1. The molecule has 0 aliphatic rings. The number of halogens is 7. The maximum atomic E-state index is 14.3. The van der Waals surface area contributed by atoms with Crippen molar-refractivity contribution in [3.05, 3.63) is 137 Å². The first kappa shape index (κ1) is 29.8. The van der Waals surface area contributed by atoms with Gasteiger partial charge in [0.2, 0.25) is 0 Å². The van der Waals surface area contributed by atoms with E-state index in [1.165, 1.54) is 0 Å². The van der Waals surface area contributed by atoms with Crippen LogP contribution in [0, 0.1) is 11.6 Å². The van der Waals surface area contributed by atoms with Gasteiger partial charge in [-0.1, -0.05) is 92.2 Å². The van der Waals surface area contributed by atoms with Crippen molar-refractivity contribution < 1.29 is 30.7 Å². The predicted molar refractivity (Wildman–Crippen MR) is 149 cm³/mol. The van der Waals surface area contributed by atoms with Crippen LogP contribution in [0.1, 0.15) is 42.0 Å². The van der Waals surface area contributed by atoms with Crippen LogP contribution in [0.3, 0.4) is 0 Å². The Balaban J connectivity index is 1.38. The summed E-state index contributed by atoms with van der Waals surface area (Å²) in [6, 6.07) is 22.6. The SMILES string of the molecule is CCC/C=C/C(F)=C(\F)c1ccc(-c2ccc(CCc3ccc(-c4cc(F)c(C(F)(F)F)c(F)c4)cc3)cc2)cc1. The first-order valence-electron chi connectivity index (χ1n) is 13.1. The Hall–Kier alpha value is -4.13. The smallest absolute Gasteiger partial charge is 0.206 e. The van der Waals surface area contributed by atoms with E-state index in [-0.39, 0.29) is 11.1 Å². The van der Waals surface area contributed by atoms with Crippen LogP contribution in [0.25, 0.3) is 28.1 Å². The molecule has 0 N–H and O–H groups in total. The Bertz CT molecular complexity index is 1500. The zero-order valence-electron chi connectivity index (χ0n) is 22.2. The summed E-state index contributed by atoms with van der Waals surface area (Å²) in [7, 11) is 0. The second-order valence-corrected chi connectivity index (χ2v) is 9.64. The van der Waals surface area contributed by atoms with Gasteiger partial charge in [0.1, 0.15) is 17.2 Å². The molecule has 0 bridgehead atoms. The van der Waals surface area contributed by atoms with Crippen molar-refractivity contribution in [3.63, 3.8) is 0 Å². The van der Waals surface area contributed by atoms with Crippen molar-refractivity contribution in [3.8, 4) is 22.3 Å². The summed E-state index contributed by atoms with van der Waals surface area (Å²) in [6.45, 7) is 1.96. The second kappa shape index (κ2) is 13.0. The van der Waals surface area contributed by atoms with Crippen molar-refractivity contribution in [1.29, 1.82) is 0 Å². The second-order valence-electron chi connectivity index (χ2n) is 9.64. The monoisotopic (exact) mass is 568 g/mol. The molecule has 0 saturated carbocycles. The maximum absolute atomic E-state index is 14.3. The number of unbranched alkanes of at least 4 members (excludes halogenated alkanes) is 1. The summed E-state index contributed by atoms with van der Waals surface area (Å²) in [5, 5.41) is 0. The largest absolute Gasteiger partial charge is 0.422 e. The third-order valence-electron chi connectivity index (χ3n) is 6.67. The summed E-state index contributed by atoms with van der Waals surface area (Å²) < 4.78 is 94.7. The van der Waals surface area contributed by atoms with E-state index in [2.05, 4.69) is 0 Å². The molecule has 0 aromatic heterocycles. The molecule has 0 unspecified atom stereocenters. The molecule has 0 heterocycles. The molecule has 0 atom stereocenters. The number of hydrogen-bond donors (Lipinski definition) is 0. The quantitative estimate of drug-likeness (QED) is 0.139. The van der Waals surface area contributed by atoms with Gasteiger partial charge in [0.05, 0.1) is 0 Å². The summed E-state index contributed by atoms with van der Waals surface area (Å²) in [5.74, 6) is -5.09. The summed E-state index contributed by atoms with van der Waals surface area (Å²) in [4.78, 5) is 0. The molecule has 0 radical (unpaired) electrons. The average Bonchev–Trinajstić information content (AvgIpc) is 2.95. The Morgan fingerprint density at radius 2 is 1.10 bits per heavy atom. The molecular formula is C34H27F7. The molecule has 7 heteroatoms. The highest BCUT2D eigenvalue weighted by molar-refractivity contribution is 5.69. The van der Waals surface area contributed by atoms with Gasteiger partial charge >= 0.3 is 6.18 Å². The van der Waals surface area contributed by atoms with E-state index in [1.54, 1.807) is 54.6 Å². The molecule has 0 nitrogen and oxygen atoms in total. The van der Waals surface area contributed by atoms with E-state index < -0.39 is 35.0 Å². The van der Waals surface area contributed by atoms with E-state index in [1.807, 2.05) is 31.2 Å². The van der Waals surface area contributed by atoms with Crippen molar-refractivity contribution >= 4 is 5.83 Å². The molecule has 0 aliphatic carbocycles. The molecule has 0 saturated heterocycles. The Labute approximate surface area is 234 Å². The lowest BCUT2D eigenvalue weighted by atomic mass is 9.98. The van der Waals surface area contributed by atoms with E-state index in [4.69, 9.17) is 0 Å². The lowest BCUT2D eigenvalue weighted by Gasteiger charge is -2.11. The number of alkyl halides is 3. The van der Waals surface area contributed by atoms with Crippen LogP contribution in [0.5, 0.6) is 0 Å². The molecule has 0 fully saturated rings. The highest BCUT2D eigenvalue weighted by atomic mass is 19.4. The van der Waals surface area contributed by atoms with Crippen LogP contribution in [0.15, 0.2) is 103 Å². The number of aryl methyl sites for hydroxylation is 2. The fourth-order valence-corrected chi connectivity index (χ4v) is 4.40. The number of hydrogen-bond acceptors (Lipinski definition) is 0. The summed E-state index contributed by atoms with van der Waals surface area (Å²) in [5.41, 5.74) is 2.51. The maximum Gasteiger partial charge on any atom is 0.422 e. The fraction of sp³-hybridized carbons (Fsp3) is 0.176. The molecular weight excluding hydrogens is 541 g/mol. The van der Waals surface area contributed by atoms with Crippen molar-refractivity contribution in [1.82, 2.24) is 0 Å². The van der Waals surface area contributed by atoms with Gasteiger partial charge in [0, 0.05) is 5.56 Å².